The highest BCUT2D eigenvalue weighted by Gasteiger charge is 2.21. The number of carbonyl (C=O) groups excluding carboxylic acids is 1. The molecule has 0 aliphatic carbocycles. The van der Waals surface area contributed by atoms with Crippen LogP contribution in [0.4, 0.5) is 0 Å². The molecule has 1 unspecified atom stereocenters. The Hall–Kier alpha value is -1.39. The third-order valence-corrected chi connectivity index (χ3v) is 2.95. The van der Waals surface area contributed by atoms with Gasteiger partial charge in [0.15, 0.2) is 0 Å². The van der Waals surface area contributed by atoms with Crippen LogP contribution in [0.15, 0.2) is 30.3 Å². The lowest BCUT2D eigenvalue weighted by molar-refractivity contribution is -0.122. The quantitative estimate of drug-likeness (QED) is 0.791. The zero-order valence-corrected chi connectivity index (χ0v) is 9.80. The molecule has 4 nitrogen and oxygen atoms in total. The van der Waals surface area contributed by atoms with E-state index in [-0.39, 0.29) is 12.0 Å². The summed E-state index contributed by atoms with van der Waals surface area (Å²) in [5.74, 6) is 0.0166. The molecule has 1 atom stereocenters. The van der Waals surface area contributed by atoms with Crippen molar-refractivity contribution in [2.24, 2.45) is 0 Å². The minimum atomic E-state index is -0.267. The standard InChI is InChI=1S/C13H18N2O2/c16-12-6-7-15(9-12)10-13(17)14-8-11-4-2-1-3-5-11/h1-5,12,16H,6-10H2,(H,14,17). The molecule has 1 heterocycles. The van der Waals surface area contributed by atoms with Crippen molar-refractivity contribution >= 4 is 5.91 Å². The van der Waals surface area contributed by atoms with E-state index in [4.69, 9.17) is 0 Å². The fraction of sp³-hybridized carbons (Fsp3) is 0.462. The van der Waals surface area contributed by atoms with Crippen molar-refractivity contribution in [1.29, 1.82) is 0 Å². The van der Waals surface area contributed by atoms with E-state index < -0.39 is 0 Å². The van der Waals surface area contributed by atoms with Gasteiger partial charge in [0.1, 0.15) is 0 Å². The summed E-state index contributed by atoms with van der Waals surface area (Å²) in [6.45, 7) is 2.36. The minimum absolute atomic E-state index is 0.0166. The molecule has 0 bridgehead atoms. The second-order valence-electron chi connectivity index (χ2n) is 4.44. The van der Waals surface area contributed by atoms with Gasteiger partial charge in [-0.1, -0.05) is 30.3 Å². The smallest absolute Gasteiger partial charge is 0.234 e. The molecule has 1 amide bonds. The van der Waals surface area contributed by atoms with Crippen molar-refractivity contribution in [2.45, 2.75) is 19.1 Å². The molecular formula is C13H18N2O2. The van der Waals surface area contributed by atoms with Gasteiger partial charge in [-0.05, 0) is 12.0 Å². The van der Waals surface area contributed by atoms with Gasteiger partial charge >= 0.3 is 0 Å². The Morgan fingerprint density at radius 3 is 2.82 bits per heavy atom. The van der Waals surface area contributed by atoms with Crippen LogP contribution in [-0.2, 0) is 11.3 Å². The van der Waals surface area contributed by atoms with Gasteiger partial charge in [-0.2, -0.15) is 0 Å². The summed E-state index contributed by atoms with van der Waals surface area (Å²) in [5, 5.41) is 12.2. The summed E-state index contributed by atoms with van der Waals surface area (Å²) >= 11 is 0. The van der Waals surface area contributed by atoms with E-state index in [0.717, 1.165) is 18.5 Å². The second-order valence-corrected chi connectivity index (χ2v) is 4.44. The van der Waals surface area contributed by atoms with E-state index in [2.05, 4.69) is 5.32 Å². The average molecular weight is 234 g/mol. The fourth-order valence-electron chi connectivity index (χ4n) is 2.01. The van der Waals surface area contributed by atoms with Gasteiger partial charge in [-0.25, -0.2) is 0 Å². The number of aliphatic hydroxyl groups excluding tert-OH is 1. The zero-order valence-electron chi connectivity index (χ0n) is 9.80. The Morgan fingerprint density at radius 2 is 2.18 bits per heavy atom. The molecule has 1 saturated heterocycles. The molecule has 0 aromatic heterocycles. The van der Waals surface area contributed by atoms with Crippen molar-refractivity contribution in [3.63, 3.8) is 0 Å². The molecule has 0 radical (unpaired) electrons. The van der Waals surface area contributed by atoms with Crippen LogP contribution in [0.25, 0.3) is 0 Å². The highest BCUT2D eigenvalue weighted by molar-refractivity contribution is 5.78. The number of amides is 1. The number of rotatable bonds is 4. The Kier molecular flexibility index (Phi) is 4.12. The first kappa shape index (κ1) is 12.1. The first-order valence-corrected chi connectivity index (χ1v) is 5.95. The maximum Gasteiger partial charge on any atom is 0.234 e. The van der Waals surface area contributed by atoms with E-state index in [0.29, 0.717) is 19.6 Å². The lowest BCUT2D eigenvalue weighted by Gasteiger charge is -2.14. The molecule has 1 aliphatic rings. The first-order valence-electron chi connectivity index (χ1n) is 5.95. The predicted octanol–water partition coefficient (Wildman–Crippen LogP) is 0.369. The fourth-order valence-corrected chi connectivity index (χ4v) is 2.01. The van der Waals surface area contributed by atoms with Crippen molar-refractivity contribution in [3.05, 3.63) is 35.9 Å². The summed E-state index contributed by atoms with van der Waals surface area (Å²) in [6, 6.07) is 9.84. The number of nitrogens with one attached hydrogen (secondary N) is 1. The molecule has 1 aliphatic heterocycles. The lowest BCUT2D eigenvalue weighted by atomic mass is 10.2. The monoisotopic (exact) mass is 234 g/mol. The number of hydrogen-bond acceptors (Lipinski definition) is 3. The van der Waals surface area contributed by atoms with Crippen LogP contribution in [0.3, 0.4) is 0 Å². The molecule has 1 fully saturated rings. The average Bonchev–Trinajstić information content (AvgIpc) is 2.73. The van der Waals surface area contributed by atoms with Gasteiger partial charge in [-0.15, -0.1) is 0 Å². The van der Waals surface area contributed by atoms with Crippen LogP contribution in [-0.4, -0.2) is 41.7 Å². The summed E-state index contributed by atoms with van der Waals surface area (Å²) < 4.78 is 0. The van der Waals surface area contributed by atoms with Crippen molar-refractivity contribution < 1.29 is 9.90 Å². The Morgan fingerprint density at radius 1 is 1.41 bits per heavy atom. The van der Waals surface area contributed by atoms with Crippen LogP contribution in [0, 0.1) is 0 Å². The summed E-state index contributed by atoms with van der Waals surface area (Å²) in [4.78, 5) is 13.6. The van der Waals surface area contributed by atoms with Crippen LogP contribution < -0.4 is 5.32 Å². The van der Waals surface area contributed by atoms with E-state index in [9.17, 15) is 9.90 Å². The van der Waals surface area contributed by atoms with E-state index in [1.807, 2.05) is 35.2 Å². The number of benzene rings is 1. The van der Waals surface area contributed by atoms with Gasteiger partial charge < -0.3 is 10.4 Å². The third-order valence-electron chi connectivity index (χ3n) is 2.95. The number of likely N-dealkylation sites (tertiary alicyclic amines) is 1. The number of β-amino-alcohol motifs (C(OH)–C–C–N with tert-alkyl or cyclic N) is 1. The number of nitrogens with zero attached hydrogens (tertiary/aromatic N) is 1. The van der Waals surface area contributed by atoms with E-state index in [1.165, 1.54) is 0 Å². The Balaban J connectivity index is 1.71. The van der Waals surface area contributed by atoms with Gasteiger partial charge in [0.05, 0.1) is 12.6 Å². The van der Waals surface area contributed by atoms with Gasteiger partial charge in [0.25, 0.3) is 0 Å². The summed E-state index contributed by atoms with van der Waals surface area (Å²) in [5.41, 5.74) is 1.10. The van der Waals surface area contributed by atoms with Gasteiger partial charge in [0, 0.05) is 19.6 Å². The van der Waals surface area contributed by atoms with Gasteiger partial charge in [-0.3, -0.25) is 9.69 Å². The molecular weight excluding hydrogens is 216 g/mol. The molecule has 2 N–H and O–H groups in total. The largest absolute Gasteiger partial charge is 0.392 e. The predicted molar refractivity (Wildman–Crippen MR) is 65.4 cm³/mol. The van der Waals surface area contributed by atoms with Crippen molar-refractivity contribution in [2.75, 3.05) is 19.6 Å². The van der Waals surface area contributed by atoms with Crippen LogP contribution >= 0.6 is 0 Å². The number of hydrogen-bond donors (Lipinski definition) is 2. The summed E-state index contributed by atoms with van der Waals surface area (Å²) in [7, 11) is 0. The van der Waals surface area contributed by atoms with Crippen LogP contribution in [0.1, 0.15) is 12.0 Å². The van der Waals surface area contributed by atoms with Crippen LogP contribution in [0.5, 0.6) is 0 Å². The molecule has 1 aromatic carbocycles. The van der Waals surface area contributed by atoms with Crippen molar-refractivity contribution in [3.8, 4) is 0 Å². The molecule has 1 aromatic rings. The topological polar surface area (TPSA) is 52.6 Å². The highest BCUT2D eigenvalue weighted by atomic mass is 16.3. The minimum Gasteiger partial charge on any atom is -0.392 e. The van der Waals surface area contributed by atoms with Crippen molar-refractivity contribution in [1.82, 2.24) is 10.2 Å². The summed E-state index contributed by atoms with van der Waals surface area (Å²) in [6.07, 6.45) is 0.503. The lowest BCUT2D eigenvalue weighted by Crippen LogP contribution is -2.36. The third kappa shape index (κ3) is 3.84. The molecule has 4 heteroatoms. The molecule has 92 valence electrons. The molecule has 0 spiro atoms. The molecule has 2 rings (SSSR count). The van der Waals surface area contributed by atoms with Gasteiger partial charge in [0.2, 0.25) is 5.91 Å². The van der Waals surface area contributed by atoms with E-state index in [1.54, 1.807) is 0 Å². The molecule has 0 saturated carbocycles. The Bertz CT molecular complexity index is 367. The van der Waals surface area contributed by atoms with Crippen LogP contribution in [0.2, 0.25) is 0 Å². The highest BCUT2D eigenvalue weighted by Crippen LogP contribution is 2.07. The molecule has 17 heavy (non-hydrogen) atoms. The normalized spacial score (nSPS) is 20.4. The van der Waals surface area contributed by atoms with E-state index >= 15 is 0 Å². The first-order chi connectivity index (χ1) is 8.24. The zero-order chi connectivity index (χ0) is 12.1. The SMILES string of the molecule is O=C(CN1CCC(O)C1)NCc1ccccc1. The number of aliphatic hydroxyl groups is 1. The second kappa shape index (κ2) is 5.80. The maximum atomic E-state index is 11.6. The Labute approximate surface area is 101 Å². The number of carbonyl (C=O) groups is 1. The maximum absolute atomic E-state index is 11.6.